The topological polar surface area (TPSA) is 37.3 Å². The van der Waals surface area contributed by atoms with Crippen molar-refractivity contribution >= 4 is 6.29 Å². The molecule has 0 radical (unpaired) electrons. The van der Waals surface area contributed by atoms with E-state index in [-0.39, 0.29) is 17.1 Å². The van der Waals surface area contributed by atoms with Crippen molar-refractivity contribution in [3.63, 3.8) is 0 Å². The molecule has 88 valence electrons. The maximum atomic E-state index is 10.9. The molecule has 0 fully saturated rings. The minimum Gasteiger partial charge on any atom is -0.507 e. The Hall–Kier alpha value is -1.31. The summed E-state index contributed by atoms with van der Waals surface area (Å²) >= 11 is 0. The Morgan fingerprint density at radius 3 is 2.19 bits per heavy atom. The Morgan fingerprint density at radius 2 is 1.81 bits per heavy atom. The normalized spacial score (nSPS) is 11.9. The van der Waals surface area contributed by atoms with Gasteiger partial charge in [0.15, 0.2) is 6.29 Å². The van der Waals surface area contributed by atoms with E-state index >= 15 is 0 Å². The highest BCUT2D eigenvalue weighted by Gasteiger charge is 2.19. The van der Waals surface area contributed by atoms with Gasteiger partial charge in [-0.3, -0.25) is 4.79 Å². The van der Waals surface area contributed by atoms with Crippen LogP contribution in [-0.2, 0) is 5.41 Å². The average molecular weight is 220 g/mol. The van der Waals surface area contributed by atoms with Gasteiger partial charge in [-0.05, 0) is 28.5 Å². The molecule has 0 amide bonds. The number of hydrogen-bond donors (Lipinski definition) is 1. The van der Waals surface area contributed by atoms with Crippen LogP contribution >= 0.6 is 0 Å². The molecule has 2 heteroatoms. The van der Waals surface area contributed by atoms with Crippen LogP contribution in [0.2, 0.25) is 0 Å². The molecule has 16 heavy (non-hydrogen) atoms. The third-order valence-corrected chi connectivity index (χ3v) is 2.78. The monoisotopic (exact) mass is 220 g/mol. The first kappa shape index (κ1) is 12.8. The number of phenols is 1. The van der Waals surface area contributed by atoms with E-state index in [0.29, 0.717) is 5.56 Å². The van der Waals surface area contributed by atoms with E-state index in [2.05, 4.69) is 20.8 Å². The lowest BCUT2D eigenvalue weighted by molar-refractivity contribution is 0.112. The first-order chi connectivity index (χ1) is 7.27. The standard InChI is InChI=1S/C14H20O2/c1-9(2)12-7-11(14(3,4)5)6-10(8-15)13(12)16/h6-9,16H,1-5H3. The number of carbonyl (C=O) groups excluding carboxylic acids is 1. The molecule has 0 bridgehead atoms. The molecule has 2 nitrogen and oxygen atoms in total. The zero-order valence-electron chi connectivity index (χ0n) is 10.7. The van der Waals surface area contributed by atoms with Gasteiger partial charge in [0, 0.05) is 0 Å². The molecule has 0 atom stereocenters. The third kappa shape index (κ3) is 2.43. The van der Waals surface area contributed by atoms with Crippen LogP contribution in [0.3, 0.4) is 0 Å². The number of aldehydes is 1. The maximum absolute atomic E-state index is 10.9. The summed E-state index contributed by atoms with van der Waals surface area (Å²) in [5.41, 5.74) is 2.29. The van der Waals surface area contributed by atoms with Crippen molar-refractivity contribution in [3.05, 3.63) is 28.8 Å². The molecule has 0 heterocycles. The molecule has 0 spiro atoms. The molecule has 0 saturated heterocycles. The van der Waals surface area contributed by atoms with Crippen LogP contribution in [0.15, 0.2) is 12.1 Å². The first-order valence-corrected chi connectivity index (χ1v) is 5.60. The zero-order valence-corrected chi connectivity index (χ0v) is 10.7. The average Bonchev–Trinajstić information content (AvgIpc) is 2.15. The molecule has 0 aliphatic rings. The molecular formula is C14H20O2. The van der Waals surface area contributed by atoms with Crippen LogP contribution in [-0.4, -0.2) is 11.4 Å². The molecular weight excluding hydrogens is 200 g/mol. The van der Waals surface area contributed by atoms with Gasteiger partial charge < -0.3 is 5.11 Å². The van der Waals surface area contributed by atoms with Crippen molar-refractivity contribution in [1.29, 1.82) is 0 Å². The molecule has 1 aromatic carbocycles. The zero-order chi connectivity index (χ0) is 12.5. The Bertz CT molecular complexity index is 398. The molecule has 0 unspecified atom stereocenters. The van der Waals surface area contributed by atoms with Crippen molar-refractivity contribution < 1.29 is 9.90 Å². The smallest absolute Gasteiger partial charge is 0.153 e. The lowest BCUT2D eigenvalue weighted by atomic mass is 9.83. The Balaban J connectivity index is 3.46. The van der Waals surface area contributed by atoms with Crippen LogP contribution < -0.4 is 0 Å². The maximum Gasteiger partial charge on any atom is 0.153 e. The van der Waals surface area contributed by atoms with E-state index < -0.39 is 0 Å². The molecule has 1 N–H and O–H groups in total. The summed E-state index contributed by atoms with van der Waals surface area (Å²) in [4.78, 5) is 10.9. The predicted octanol–water partition coefficient (Wildman–Crippen LogP) is 3.63. The molecule has 1 aromatic rings. The summed E-state index contributed by atoms with van der Waals surface area (Å²) in [6.45, 7) is 10.3. The van der Waals surface area contributed by atoms with Crippen molar-refractivity contribution in [3.8, 4) is 5.75 Å². The van der Waals surface area contributed by atoms with Crippen molar-refractivity contribution in [2.24, 2.45) is 0 Å². The summed E-state index contributed by atoms with van der Waals surface area (Å²) < 4.78 is 0. The van der Waals surface area contributed by atoms with Gasteiger partial charge in [0.1, 0.15) is 5.75 Å². The summed E-state index contributed by atoms with van der Waals surface area (Å²) in [5, 5.41) is 9.92. The van der Waals surface area contributed by atoms with Gasteiger partial charge in [-0.1, -0.05) is 40.7 Å². The Morgan fingerprint density at radius 1 is 1.25 bits per heavy atom. The van der Waals surface area contributed by atoms with Crippen LogP contribution in [0.4, 0.5) is 0 Å². The van der Waals surface area contributed by atoms with Gasteiger partial charge in [0.25, 0.3) is 0 Å². The third-order valence-electron chi connectivity index (χ3n) is 2.78. The van der Waals surface area contributed by atoms with Gasteiger partial charge >= 0.3 is 0 Å². The van der Waals surface area contributed by atoms with Gasteiger partial charge in [-0.2, -0.15) is 0 Å². The number of rotatable bonds is 2. The predicted molar refractivity (Wildman–Crippen MR) is 66.3 cm³/mol. The van der Waals surface area contributed by atoms with Gasteiger partial charge in [0.05, 0.1) is 5.56 Å². The fourth-order valence-corrected chi connectivity index (χ4v) is 1.64. The molecule has 1 rings (SSSR count). The van der Waals surface area contributed by atoms with E-state index in [1.165, 1.54) is 0 Å². The largest absolute Gasteiger partial charge is 0.507 e. The molecule has 0 aliphatic carbocycles. The fourth-order valence-electron chi connectivity index (χ4n) is 1.64. The van der Waals surface area contributed by atoms with E-state index in [4.69, 9.17) is 0 Å². The van der Waals surface area contributed by atoms with Crippen molar-refractivity contribution in [2.45, 2.75) is 46.0 Å². The van der Waals surface area contributed by atoms with Gasteiger partial charge in [-0.15, -0.1) is 0 Å². The lowest BCUT2D eigenvalue weighted by Gasteiger charge is -2.22. The Kier molecular flexibility index (Phi) is 3.41. The highest BCUT2D eigenvalue weighted by Crippen LogP contribution is 2.34. The molecule has 0 aliphatic heterocycles. The van der Waals surface area contributed by atoms with Crippen LogP contribution in [0.25, 0.3) is 0 Å². The second-order valence-electron chi connectivity index (χ2n) is 5.53. The summed E-state index contributed by atoms with van der Waals surface area (Å²) in [6.07, 6.45) is 0.719. The number of carbonyl (C=O) groups is 1. The quantitative estimate of drug-likeness (QED) is 0.773. The highest BCUT2D eigenvalue weighted by atomic mass is 16.3. The van der Waals surface area contributed by atoms with E-state index in [0.717, 1.165) is 17.4 Å². The second kappa shape index (κ2) is 4.28. The van der Waals surface area contributed by atoms with Gasteiger partial charge in [0.2, 0.25) is 0 Å². The van der Waals surface area contributed by atoms with Crippen LogP contribution in [0.5, 0.6) is 5.75 Å². The Labute approximate surface area is 97.3 Å². The first-order valence-electron chi connectivity index (χ1n) is 5.60. The highest BCUT2D eigenvalue weighted by molar-refractivity contribution is 5.80. The van der Waals surface area contributed by atoms with Crippen molar-refractivity contribution in [1.82, 2.24) is 0 Å². The van der Waals surface area contributed by atoms with Gasteiger partial charge in [-0.25, -0.2) is 0 Å². The summed E-state index contributed by atoms with van der Waals surface area (Å²) in [7, 11) is 0. The minimum absolute atomic E-state index is 0.0188. The van der Waals surface area contributed by atoms with E-state index in [9.17, 15) is 9.90 Å². The summed E-state index contributed by atoms with van der Waals surface area (Å²) in [5.74, 6) is 0.332. The minimum atomic E-state index is -0.0188. The van der Waals surface area contributed by atoms with Crippen LogP contribution in [0.1, 0.15) is 62.0 Å². The fraction of sp³-hybridized carbons (Fsp3) is 0.500. The number of hydrogen-bond acceptors (Lipinski definition) is 2. The van der Waals surface area contributed by atoms with Crippen LogP contribution in [0, 0.1) is 0 Å². The molecule has 0 saturated carbocycles. The number of phenolic OH excluding ortho intramolecular Hbond substituents is 1. The van der Waals surface area contributed by atoms with Crippen molar-refractivity contribution in [2.75, 3.05) is 0 Å². The summed E-state index contributed by atoms with van der Waals surface area (Å²) in [6, 6.07) is 3.77. The number of benzene rings is 1. The van der Waals surface area contributed by atoms with E-state index in [1.807, 2.05) is 19.9 Å². The second-order valence-corrected chi connectivity index (χ2v) is 5.53. The lowest BCUT2D eigenvalue weighted by Crippen LogP contribution is -2.12. The SMILES string of the molecule is CC(C)c1cc(C(C)(C)C)cc(C=O)c1O. The number of aromatic hydroxyl groups is 1. The van der Waals surface area contributed by atoms with E-state index in [1.54, 1.807) is 6.07 Å². The molecule has 0 aromatic heterocycles.